The maximum atomic E-state index is 13.5. The van der Waals surface area contributed by atoms with Crippen LogP contribution in [0.1, 0.15) is 5.56 Å². The topological polar surface area (TPSA) is 65.7 Å². The summed E-state index contributed by atoms with van der Waals surface area (Å²) in [4.78, 5) is 6.63. The van der Waals surface area contributed by atoms with Crippen molar-refractivity contribution < 1.29 is 22.3 Å². The number of nitrogens with zero attached hydrogens (tertiary/aromatic N) is 5. The van der Waals surface area contributed by atoms with Crippen molar-refractivity contribution in [3.05, 3.63) is 17.7 Å². The van der Waals surface area contributed by atoms with Crippen LogP contribution in [-0.2, 0) is 13.2 Å². The number of hydrogen-bond acceptors (Lipinski definition) is 5. The first-order valence-corrected chi connectivity index (χ1v) is 4.88. The third-order valence-electron chi connectivity index (χ3n) is 2.14. The molecule has 0 aliphatic carbocycles. The van der Waals surface area contributed by atoms with Gasteiger partial charge in [-0.05, 0) is 0 Å². The first kappa shape index (κ1) is 13.2. The molecule has 2 aromatic rings. The summed E-state index contributed by atoms with van der Waals surface area (Å²) in [5.74, 6) is -2.96. The molecule has 0 aliphatic rings. The quantitative estimate of drug-likeness (QED) is 0.614. The van der Waals surface area contributed by atoms with E-state index in [4.69, 9.17) is 0 Å². The third kappa shape index (κ3) is 2.46. The lowest BCUT2D eigenvalue weighted by molar-refractivity contribution is -0.142. The largest absolute Gasteiger partial charge is 0.480 e. The van der Waals surface area contributed by atoms with E-state index < -0.39 is 23.6 Å². The first-order valence-electron chi connectivity index (χ1n) is 4.88. The fourth-order valence-electron chi connectivity index (χ4n) is 1.36. The van der Waals surface area contributed by atoms with Gasteiger partial charge in [0.05, 0.1) is 13.3 Å². The predicted molar refractivity (Wildman–Crippen MR) is 53.5 cm³/mol. The van der Waals surface area contributed by atoms with Crippen molar-refractivity contribution in [1.29, 1.82) is 0 Å². The van der Waals surface area contributed by atoms with Crippen LogP contribution in [0.4, 0.5) is 17.6 Å². The molecule has 0 fully saturated rings. The molecule has 2 heterocycles. The summed E-state index contributed by atoms with van der Waals surface area (Å²) >= 11 is 0. The Labute approximate surface area is 104 Å². The summed E-state index contributed by atoms with van der Waals surface area (Å²) in [5.41, 5.74) is -1.61. The molecule has 0 spiro atoms. The molecule has 0 bridgehead atoms. The Kier molecular flexibility index (Phi) is 3.08. The first-order chi connectivity index (χ1) is 8.82. The number of methoxy groups -OCH3 is 1. The highest BCUT2D eigenvalue weighted by Crippen LogP contribution is 2.37. The molecule has 0 amide bonds. The summed E-state index contributed by atoms with van der Waals surface area (Å²) in [6.07, 6.45) is -3.61. The van der Waals surface area contributed by atoms with Crippen LogP contribution in [0.2, 0.25) is 0 Å². The van der Waals surface area contributed by atoms with Gasteiger partial charge in [0.2, 0.25) is 11.8 Å². The van der Waals surface area contributed by atoms with E-state index in [0.29, 0.717) is 0 Å². The Balaban J connectivity index is 2.60. The van der Waals surface area contributed by atoms with Crippen molar-refractivity contribution in [2.24, 2.45) is 7.05 Å². The molecular formula is C9H7F4N5O. The number of aromatic nitrogens is 5. The molecule has 2 rings (SSSR count). The van der Waals surface area contributed by atoms with Crippen molar-refractivity contribution >= 4 is 0 Å². The molecule has 10 heteroatoms. The van der Waals surface area contributed by atoms with Gasteiger partial charge in [-0.3, -0.25) is 4.68 Å². The predicted octanol–water partition coefficient (Wildman–Crippen LogP) is 1.44. The average molecular weight is 277 g/mol. The lowest BCUT2D eigenvalue weighted by Gasteiger charge is -2.11. The molecule has 0 atom stereocenters. The maximum absolute atomic E-state index is 13.5. The van der Waals surface area contributed by atoms with Crippen molar-refractivity contribution in [3.8, 4) is 17.4 Å². The van der Waals surface area contributed by atoms with Gasteiger partial charge in [-0.25, -0.2) is 0 Å². The van der Waals surface area contributed by atoms with Crippen molar-refractivity contribution in [2.45, 2.75) is 6.18 Å². The summed E-state index contributed by atoms with van der Waals surface area (Å²) in [5, 5.41) is 7.13. The zero-order valence-corrected chi connectivity index (χ0v) is 9.73. The maximum Gasteiger partial charge on any atom is 0.426 e. The molecule has 0 saturated carbocycles. The van der Waals surface area contributed by atoms with Gasteiger partial charge >= 0.3 is 6.18 Å². The molecule has 0 aliphatic heterocycles. The molecular weight excluding hydrogens is 270 g/mol. The van der Waals surface area contributed by atoms with E-state index in [-0.39, 0.29) is 11.5 Å². The van der Waals surface area contributed by atoms with Crippen molar-refractivity contribution in [3.63, 3.8) is 0 Å². The summed E-state index contributed by atoms with van der Waals surface area (Å²) < 4.78 is 57.0. The van der Waals surface area contributed by atoms with E-state index >= 15 is 0 Å². The summed E-state index contributed by atoms with van der Waals surface area (Å²) in [6.45, 7) is 0. The third-order valence-corrected chi connectivity index (χ3v) is 2.14. The van der Waals surface area contributed by atoms with Gasteiger partial charge in [0.1, 0.15) is 0 Å². The molecule has 0 saturated heterocycles. The highest BCUT2D eigenvalue weighted by Gasteiger charge is 2.40. The molecule has 19 heavy (non-hydrogen) atoms. The van der Waals surface area contributed by atoms with E-state index in [1.165, 1.54) is 17.9 Å². The van der Waals surface area contributed by atoms with Gasteiger partial charge < -0.3 is 4.74 Å². The molecule has 2 aromatic heterocycles. The standard InChI is InChI=1S/C9H7F4N5O/c1-18-3-4(16-17-18)7-14-6(10)5(9(11,12)13)8(15-7)19-2/h3H,1-2H3. The van der Waals surface area contributed by atoms with E-state index in [1.54, 1.807) is 0 Å². The van der Waals surface area contributed by atoms with Crippen LogP contribution in [0.25, 0.3) is 11.5 Å². The van der Waals surface area contributed by atoms with Crippen LogP contribution in [0.5, 0.6) is 5.88 Å². The van der Waals surface area contributed by atoms with Crippen LogP contribution in [0.15, 0.2) is 6.20 Å². The Morgan fingerprint density at radius 2 is 1.95 bits per heavy atom. The van der Waals surface area contributed by atoms with Gasteiger partial charge in [-0.15, -0.1) is 5.10 Å². The molecule has 0 unspecified atom stereocenters. The van der Waals surface area contributed by atoms with Crippen LogP contribution in [0, 0.1) is 5.95 Å². The Morgan fingerprint density at radius 3 is 2.42 bits per heavy atom. The Bertz CT molecular complexity index is 609. The zero-order valence-electron chi connectivity index (χ0n) is 9.73. The van der Waals surface area contributed by atoms with Crippen LogP contribution >= 0.6 is 0 Å². The van der Waals surface area contributed by atoms with Crippen LogP contribution in [-0.4, -0.2) is 32.1 Å². The normalized spacial score (nSPS) is 11.7. The highest BCUT2D eigenvalue weighted by molar-refractivity contribution is 5.48. The van der Waals surface area contributed by atoms with Gasteiger partial charge in [0, 0.05) is 7.05 Å². The fourth-order valence-corrected chi connectivity index (χ4v) is 1.36. The van der Waals surface area contributed by atoms with Gasteiger partial charge in [0.15, 0.2) is 17.1 Å². The Morgan fingerprint density at radius 1 is 1.26 bits per heavy atom. The van der Waals surface area contributed by atoms with E-state index in [9.17, 15) is 17.6 Å². The van der Waals surface area contributed by atoms with Crippen LogP contribution in [0.3, 0.4) is 0 Å². The molecule has 0 N–H and O–H groups in total. The Hall–Kier alpha value is -2.26. The zero-order chi connectivity index (χ0) is 14.2. The van der Waals surface area contributed by atoms with Gasteiger partial charge in [0.25, 0.3) is 0 Å². The minimum absolute atomic E-state index is 0.0356. The number of aryl methyl sites for hydroxylation is 1. The second kappa shape index (κ2) is 4.44. The molecule has 0 aromatic carbocycles. The van der Waals surface area contributed by atoms with E-state index in [0.717, 1.165) is 7.11 Å². The fraction of sp³-hybridized carbons (Fsp3) is 0.333. The lowest BCUT2D eigenvalue weighted by atomic mass is 10.3. The van der Waals surface area contributed by atoms with E-state index in [2.05, 4.69) is 25.0 Å². The second-order valence-electron chi connectivity index (χ2n) is 3.50. The SMILES string of the molecule is COc1nc(-c2cn(C)nn2)nc(F)c1C(F)(F)F. The number of hydrogen-bond donors (Lipinski definition) is 0. The minimum Gasteiger partial charge on any atom is -0.480 e. The number of rotatable bonds is 2. The average Bonchev–Trinajstić information content (AvgIpc) is 2.73. The van der Waals surface area contributed by atoms with Crippen LogP contribution < -0.4 is 4.74 Å². The summed E-state index contributed by atoms with van der Waals surface area (Å²) in [7, 11) is 2.49. The smallest absolute Gasteiger partial charge is 0.426 e. The highest BCUT2D eigenvalue weighted by atomic mass is 19.4. The molecule has 102 valence electrons. The number of alkyl halides is 3. The molecule has 6 nitrogen and oxygen atoms in total. The monoisotopic (exact) mass is 277 g/mol. The van der Waals surface area contributed by atoms with Crippen molar-refractivity contribution in [2.75, 3.05) is 7.11 Å². The number of halogens is 4. The minimum atomic E-state index is -4.95. The van der Waals surface area contributed by atoms with Crippen molar-refractivity contribution in [1.82, 2.24) is 25.0 Å². The van der Waals surface area contributed by atoms with Gasteiger partial charge in [-0.2, -0.15) is 27.5 Å². The van der Waals surface area contributed by atoms with E-state index in [1.807, 2.05) is 0 Å². The second-order valence-corrected chi connectivity index (χ2v) is 3.50. The van der Waals surface area contributed by atoms with Gasteiger partial charge in [-0.1, -0.05) is 5.21 Å². The molecule has 0 radical (unpaired) electrons. The summed E-state index contributed by atoms with van der Waals surface area (Å²) in [6, 6.07) is 0. The lowest BCUT2D eigenvalue weighted by Crippen LogP contribution is -2.14. The number of ether oxygens (including phenoxy) is 1.